The molecule has 1 N–H and O–H groups in total. The van der Waals surface area contributed by atoms with Gasteiger partial charge >= 0.3 is 0 Å². The first-order valence-electron chi connectivity index (χ1n) is 7.06. The Morgan fingerprint density at radius 1 is 1.20 bits per heavy atom. The standard InChI is InChI=1S/C17H22N2O/c1-14-6-3-4-8-17(14)20-11-9-15(2)19-13-16-7-5-10-18-12-16/h3-8,10,12,15,19H,9,11,13H2,1-2H3. The number of hydrogen-bond donors (Lipinski definition) is 1. The zero-order valence-electron chi connectivity index (χ0n) is 12.2. The molecule has 0 amide bonds. The Morgan fingerprint density at radius 3 is 2.80 bits per heavy atom. The second-order valence-electron chi connectivity index (χ2n) is 5.05. The Balaban J connectivity index is 1.68. The Bertz CT molecular complexity index is 513. The van der Waals surface area contributed by atoms with E-state index in [2.05, 4.69) is 36.3 Å². The summed E-state index contributed by atoms with van der Waals surface area (Å²) in [5, 5.41) is 3.48. The SMILES string of the molecule is Cc1ccccc1OCCC(C)NCc1cccnc1. The largest absolute Gasteiger partial charge is 0.493 e. The van der Waals surface area contributed by atoms with Crippen molar-refractivity contribution < 1.29 is 4.74 Å². The molecule has 1 aromatic heterocycles. The predicted molar refractivity (Wildman–Crippen MR) is 81.8 cm³/mol. The molecule has 0 radical (unpaired) electrons. The van der Waals surface area contributed by atoms with Crippen molar-refractivity contribution in [2.24, 2.45) is 0 Å². The Morgan fingerprint density at radius 2 is 2.05 bits per heavy atom. The van der Waals surface area contributed by atoms with E-state index in [0.717, 1.165) is 25.3 Å². The number of pyridine rings is 1. The van der Waals surface area contributed by atoms with Gasteiger partial charge in [0.2, 0.25) is 0 Å². The van der Waals surface area contributed by atoms with Crippen LogP contribution in [0.5, 0.6) is 5.75 Å². The molecule has 0 aliphatic carbocycles. The highest BCUT2D eigenvalue weighted by Gasteiger charge is 2.03. The maximum Gasteiger partial charge on any atom is 0.122 e. The minimum Gasteiger partial charge on any atom is -0.493 e. The molecule has 0 bridgehead atoms. The van der Waals surface area contributed by atoms with Crippen molar-refractivity contribution in [1.29, 1.82) is 0 Å². The fraction of sp³-hybridized carbons (Fsp3) is 0.353. The van der Waals surface area contributed by atoms with Crippen LogP contribution in [0.1, 0.15) is 24.5 Å². The van der Waals surface area contributed by atoms with E-state index in [1.54, 1.807) is 6.20 Å². The molecule has 20 heavy (non-hydrogen) atoms. The summed E-state index contributed by atoms with van der Waals surface area (Å²) in [5.74, 6) is 0.979. The Kier molecular flexibility index (Phi) is 5.56. The first-order valence-corrected chi connectivity index (χ1v) is 7.06. The highest BCUT2D eigenvalue weighted by Crippen LogP contribution is 2.16. The average molecular weight is 270 g/mol. The summed E-state index contributed by atoms with van der Waals surface area (Å²) < 4.78 is 5.81. The maximum absolute atomic E-state index is 5.81. The number of benzene rings is 1. The third-order valence-electron chi connectivity index (χ3n) is 3.28. The summed E-state index contributed by atoms with van der Waals surface area (Å²) in [7, 11) is 0. The lowest BCUT2D eigenvalue weighted by molar-refractivity contribution is 0.288. The molecule has 1 atom stereocenters. The van der Waals surface area contributed by atoms with E-state index in [1.165, 1.54) is 11.1 Å². The third-order valence-corrected chi connectivity index (χ3v) is 3.28. The number of rotatable bonds is 7. The van der Waals surface area contributed by atoms with E-state index in [9.17, 15) is 0 Å². The molecule has 0 fully saturated rings. The molecule has 0 aliphatic heterocycles. The topological polar surface area (TPSA) is 34.1 Å². The number of para-hydroxylation sites is 1. The summed E-state index contributed by atoms with van der Waals surface area (Å²) in [6.45, 7) is 5.82. The molecule has 106 valence electrons. The van der Waals surface area contributed by atoms with Crippen LogP contribution < -0.4 is 10.1 Å². The first kappa shape index (κ1) is 14.5. The second-order valence-corrected chi connectivity index (χ2v) is 5.05. The van der Waals surface area contributed by atoms with Gasteiger partial charge in [0.1, 0.15) is 5.75 Å². The van der Waals surface area contributed by atoms with Crippen LogP contribution in [0.15, 0.2) is 48.8 Å². The van der Waals surface area contributed by atoms with E-state index in [4.69, 9.17) is 4.74 Å². The van der Waals surface area contributed by atoms with Gasteiger partial charge in [0.05, 0.1) is 6.61 Å². The Hall–Kier alpha value is -1.87. The first-order chi connectivity index (χ1) is 9.75. The van der Waals surface area contributed by atoms with Crippen LogP contribution in [0, 0.1) is 6.92 Å². The maximum atomic E-state index is 5.81. The lowest BCUT2D eigenvalue weighted by Gasteiger charge is -2.15. The summed E-state index contributed by atoms with van der Waals surface area (Å²) in [4.78, 5) is 4.11. The predicted octanol–water partition coefficient (Wildman–Crippen LogP) is 3.34. The highest BCUT2D eigenvalue weighted by molar-refractivity contribution is 5.31. The smallest absolute Gasteiger partial charge is 0.122 e. The van der Waals surface area contributed by atoms with Gasteiger partial charge in [-0.25, -0.2) is 0 Å². The van der Waals surface area contributed by atoms with Crippen LogP contribution in [0.3, 0.4) is 0 Å². The minimum absolute atomic E-state index is 0.416. The van der Waals surface area contributed by atoms with Gasteiger partial charge in [-0.2, -0.15) is 0 Å². The van der Waals surface area contributed by atoms with E-state index in [0.29, 0.717) is 6.04 Å². The van der Waals surface area contributed by atoms with Crippen molar-refractivity contribution in [2.45, 2.75) is 32.9 Å². The van der Waals surface area contributed by atoms with Crippen molar-refractivity contribution in [3.05, 3.63) is 59.9 Å². The van der Waals surface area contributed by atoms with Gasteiger partial charge in [-0.05, 0) is 43.5 Å². The van der Waals surface area contributed by atoms with Crippen LogP contribution >= 0.6 is 0 Å². The van der Waals surface area contributed by atoms with Crippen molar-refractivity contribution in [1.82, 2.24) is 10.3 Å². The fourth-order valence-corrected chi connectivity index (χ4v) is 1.96. The molecule has 0 spiro atoms. The van der Waals surface area contributed by atoms with E-state index < -0.39 is 0 Å². The lowest BCUT2D eigenvalue weighted by Crippen LogP contribution is -2.27. The molecule has 2 rings (SSSR count). The van der Waals surface area contributed by atoms with Gasteiger partial charge in [0.25, 0.3) is 0 Å². The molecule has 3 nitrogen and oxygen atoms in total. The van der Waals surface area contributed by atoms with Crippen molar-refractivity contribution in [3.8, 4) is 5.75 Å². The van der Waals surface area contributed by atoms with Crippen molar-refractivity contribution in [3.63, 3.8) is 0 Å². The lowest BCUT2D eigenvalue weighted by atomic mass is 10.2. The van der Waals surface area contributed by atoms with Crippen LogP contribution in [-0.2, 0) is 6.54 Å². The average Bonchev–Trinajstić information content (AvgIpc) is 2.48. The monoisotopic (exact) mass is 270 g/mol. The molecule has 0 aliphatic rings. The summed E-state index contributed by atoms with van der Waals surface area (Å²) >= 11 is 0. The van der Waals surface area contributed by atoms with Gasteiger partial charge in [0.15, 0.2) is 0 Å². The molecule has 3 heteroatoms. The van der Waals surface area contributed by atoms with Crippen LogP contribution in [-0.4, -0.2) is 17.6 Å². The number of aryl methyl sites for hydroxylation is 1. The molecule has 1 unspecified atom stereocenters. The highest BCUT2D eigenvalue weighted by atomic mass is 16.5. The van der Waals surface area contributed by atoms with Crippen LogP contribution in [0.25, 0.3) is 0 Å². The molecule has 1 aromatic carbocycles. The third kappa shape index (κ3) is 4.67. The summed E-state index contributed by atoms with van der Waals surface area (Å²) in [6.07, 6.45) is 4.67. The van der Waals surface area contributed by atoms with E-state index in [-0.39, 0.29) is 0 Å². The van der Waals surface area contributed by atoms with Crippen LogP contribution in [0.4, 0.5) is 0 Å². The van der Waals surface area contributed by atoms with Gasteiger partial charge in [0, 0.05) is 25.0 Å². The van der Waals surface area contributed by atoms with E-state index in [1.807, 2.05) is 30.5 Å². The molecular weight excluding hydrogens is 248 g/mol. The molecule has 0 saturated carbocycles. The minimum atomic E-state index is 0.416. The number of aromatic nitrogens is 1. The van der Waals surface area contributed by atoms with Gasteiger partial charge in [-0.15, -0.1) is 0 Å². The Labute approximate surface area is 121 Å². The number of ether oxygens (including phenoxy) is 1. The van der Waals surface area contributed by atoms with E-state index >= 15 is 0 Å². The number of hydrogen-bond acceptors (Lipinski definition) is 3. The van der Waals surface area contributed by atoms with Gasteiger partial charge in [-0.1, -0.05) is 24.3 Å². The molecule has 2 aromatic rings. The van der Waals surface area contributed by atoms with Gasteiger partial charge < -0.3 is 10.1 Å². The van der Waals surface area contributed by atoms with Crippen molar-refractivity contribution in [2.75, 3.05) is 6.61 Å². The quantitative estimate of drug-likeness (QED) is 0.838. The van der Waals surface area contributed by atoms with Crippen molar-refractivity contribution >= 4 is 0 Å². The number of nitrogens with zero attached hydrogens (tertiary/aromatic N) is 1. The molecule has 1 heterocycles. The zero-order valence-corrected chi connectivity index (χ0v) is 12.2. The summed E-state index contributed by atoms with van der Waals surface area (Å²) in [5.41, 5.74) is 2.39. The normalized spacial score (nSPS) is 12.1. The van der Waals surface area contributed by atoms with Gasteiger partial charge in [-0.3, -0.25) is 4.98 Å². The number of nitrogens with one attached hydrogen (secondary N) is 1. The fourth-order valence-electron chi connectivity index (χ4n) is 1.96. The molecule has 0 saturated heterocycles. The zero-order chi connectivity index (χ0) is 14.2. The van der Waals surface area contributed by atoms with Crippen LogP contribution in [0.2, 0.25) is 0 Å². The molecular formula is C17H22N2O. The summed E-state index contributed by atoms with van der Waals surface area (Å²) in [6, 6.07) is 12.6. The second kappa shape index (κ2) is 7.65.